The number of anilines is 2. The molecule has 0 aliphatic rings. The largest absolute Gasteiger partial charge is 0.573 e. The summed E-state index contributed by atoms with van der Waals surface area (Å²) in [6.45, 7) is 0. The molecule has 0 atom stereocenters. The third kappa shape index (κ3) is 5.44. The van der Waals surface area contributed by atoms with E-state index in [0.29, 0.717) is 0 Å². The summed E-state index contributed by atoms with van der Waals surface area (Å²) >= 11 is 0. The van der Waals surface area contributed by atoms with Gasteiger partial charge < -0.3 is 16.2 Å². The molecule has 88 valence electrons. The summed E-state index contributed by atoms with van der Waals surface area (Å²) < 4.78 is 38.6. The molecule has 0 saturated carbocycles. The van der Waals surface area contributed by atoms with E-state index in [1.165, 1.54) is 6.07 Å². The van der Waals surface area contributed by atoms with E-state index >= 15 is 0 Å². The Kier molecular flexibility index (Phi) is 6.32. The molecule has 0 unspecified atom stereocenters. The third-order valence-corrected chi connectivity index (χ3v) is 1.29. The van der Waals surface area contributed by atoms with Crippen molar-refractivity contribution in [1.29, 1.82) is 0 Å². The molecule has 0 saturated heterocycles. The van der Waals surface area contributed by atoms with Gasteiger partial charge in [0.25, 0.3) is 0 Å². The van der Waals surface area contributed by atoms with Crippen molar-refractivity contribution in [3.63, 3.8) is 0 Å². The minimum atomic E-state index is -4.71. The standard InChI is InChI=1S/C7H7F3N2O.2ClH/c8-7(9,10)13-4-1-2-5(11)6(12)3-4;;/h1-3H,11-12H2;2*1H. The van der Waals surface area contributed by atoms with Crippen LogP contribution in [0.1, 0.15) is 0 Å². The fraction of sp³-hybridized carbons (Fsp3) is 0.143. The Morgan fingerprint density at radius 2 is 1.53 bits per heavy atom. The monoisotopic (exact) mass is 264 g/mol. The highest BCUT2D eigenvalue weighted by Gasteiger charge is 2.31. The summed E-state index contributed by atoms with van der Waals surface area (Å²) in [7, 11) is 0. The third-order valence-electron chi connectivity index (χ3n) is 1.29. The lowest BCUT2D eigenvalue weighted by molar-refractivity contribution is -0.274. The molecule has 0 radical (unpaired) electrons. The van der Waals surface area contributed by atoms with Crippen LogP contribution in [0.4, 0.5) is 24.5 Å². The van der Waals surface area contributed by atoms with Gasteiger partial charge in [0.2, 0.25) is 0 Å². The van der Waals surface area contributed by atoms with Crippen LogP contribution in [0.5, 0.6) is 5.75 Å². The van der Waals surface area contributed by atoms with Gasteiger partial charge in [0.15, 0.2) is 0 Å². The summed E-state index contributed by atoms with van der Waals surface area (Å²) in [5, 5.41) is 0. The van der Waals surface area contributed by atoms with Crippen molar-refractivity contribution in [2.45, 2.75) is 6.36 Å². The minimum Gasteiger partial charge on any atom is -0.406 e. The summed E-state index contributed by atoms with van der Waals surface area (Å²) in [4.78, 5) is 0. The summed E-state index contributed by atoms with van der Waals surface area (Å²) in [6, 6.07) is 3.36. The fourth-order valence-corrected chi connectivity index (χ4v) is 0.750. The summed E-state index contributed by atoms with van der Waals surface area (Å²) in [5.74, 6) is -0.376. The molecule has 0 aliphatic heterocycles. The van der Waals surface area contributed by atoms with E-state index in [-0.39, 0.29) is 41.9 Å². The van der Waals surface area contributed by atoms with Gasteiger partial charge in [-0.2, -0.15) is 0 Å². The van der Waals surface area contributed by atoms with E-state index in [1.54, 1.807) is 0 Å². The first-order chi connectivity index (χ1) is 5.88. The van der Waals surface area contributed by atoms with Gasteiger partial charge in [-0.25, -0.2) is 0 Å². The lowest BCUT2D eigenvalue weighted by Gasteiger charge is -2.09. The minimum absolute atomic E-state index is 0. The highest BCUT2D eigenvalue weighted by atomic mass is 35.5. The van der Waals surface area contributed by atoms with Crippen molar-refractivity contribution in [3.8, 4) is 5.75 Å². The first kappa shape index (κ1) is 16.4. The van der Waals surface area contributed by atoms with Gasteiger partial charge in [0.05, 0.1) is 11.4 Å². The number of halogens is 5. The molecule has 8 heteroatoms. The molecule has 1 rings (SSSR count). The number of ether oxygens (including phenoxy) is 1. The number of nitrogens with two attached hydrogens (primary N) is 2. The number of hydrogen-bond acceptors (Lipinski definition) is 3. The Morgan fingerprint density at radius 3 is 1.93 bits per heavy atom. The Hall–Kier alpha value is -1.01. The molecule has 1 aromatic rings. The van der Waals surface area contributed by atoms with Crippen LogP contribution in [0.3, 0.4) is 0 Å². The molecule has 1 aromatic carbocycles. The lowest BCUT2D eigenvalue weighted by Crippen LogP contribution is -2.17. The van der Waals surface area contributed by atoms with E-state index in [4.69, 9.17) is 11.5 Å². The lowest BCUT2D eigenvalue weighted by atomic mass is 10.2. The van der Waals surface area contributed by atoms with Crippen LogP contribution in [-0.4, -0.2) is 6.36 Å². The maximum absolute atomic E-state index is 11.7. The number of hydrogen-bond donors (Lipinski definition) is 2. The molecule has 15 heavy (non-hydrogen) atoms. The predicted octanol–water partition coefficient (Wildman–Crippen LogP) is 2.59. The zero-order valence-electron chi connectivity index (χ0n) is 7.25. The van der Waals surface area contributed by atoms with Gasteiger partial charge in [-0.05, 0) is 12.1 Å². The molecule has 4 N–H and O–H groups in total. The van der Waals surface area contributed by atoms with Crippen molar-refractivity contribution in [2.24, 2.45) is 0 Å². The molecule has 0 fully saturated rings. The van der Waals surface area contributed by atoms with Gasteiger partial charge in [0.1, 0.15) is 5.75 Å². The zero-order chi connectivity index (χ0) is 10.1. The highest BCUT2D eigenvalue weighted by molar-refractivity contribution is 5.85. The molecular formula is C7H9Cl2F3N2O. The van der Waals surface area contributed by atoms with Crippen LogP contribution in [0, 0.1) is 0 Å². The smallest absolute Gasteiger partial charge is 0.406 e. The summed E-state index contributed by atoms with van der Waals surface area (Å²) in [6.07, 6.45) is -4.71. The van der Waals surface area contributed by atoms with Gasteiger partial charge in [-0.15, -0.1) is 38.0 Å². The zero-order valence-corrected chi connectivity index (χ0v) is 8.88. The van der Waals surface area contributed by atoms with Crippen LogP contribution in [-0.2, 0) is 0 Å². The fourth-order valence-electron chi connectivity index (χ4n) is 0.750. The van der Waals surface area contributed by atoms with Crippen molar-refractivity contribution in [2.75, 3.05) is 11.5 Å². The number of nitrogen functional groups attached to an aromatic ring is 2. The second-order valence-electron chi connectivity index (χ2n) is 2.34. The Balaban J connectivity index is 0. The van der Waals surface area contributed by atoms with Gasteiger partial charge >= 0.3 is 6.36 Å². The molecule has 3 nitrogen and oxygen atoms in total. The van der Waals surface area contributed by atoms with Crippen molar-refractivity contribution >= 4 is 36.2 Å². The van der Waals surface area contributed by atoms with Crippen LogP contribution in [0.15, 0.2) is 18.2 Å². The predicted molar refractivity (Wildman–Crippen MR) is 56.4 cm³/mol. The van der Waals surface area contributed by atoms with Crippen LogP contribution >= 0.6 is 24.8 Å². The molecule has 0 spiro atoms. The maximum Gasteiger partial charge on any atom is 0.573 e. The van der Waals surface area contributed by atoms with E-state index in [1.807, 2.05) is 0 Å². The Morgan fingerprint density at radius 1 is 1.00 bits per heavy atom. The number of benzene rings is 1. The van der Waals surface area contributed by atoms with Crippen molar-refractivity contribution in [1.82, 2.24) is 0 Å². The van der Waals surface area contributed by atoms with Gasteiger partial charge in [-0.3, -0.25) is 0 Å². The first-order valence-electron chi connectivity index (χ1n) is 3.29. The average molecular weight is 265 g/mol. The quantitative estimate of drug-likeness (QED) is 0.767. The average Bonchev–Trinajstić information content (AvgIpc) is 1.94. The van der Waals surface area contributed by atoms with Gasteiger partial charge in [0, 0.05) is 6.07 Å². The SMILES string of the molecule is Cl.Cl.Nc1ccc(OC(F)(F)F)cc1N. The van der Waals surface area contributed by atoms with E-state index < -0.39 is 6.36 Å². The van der Waals surface area contributed by atoms with E-state index in [2.05, 4.69) is 4.74 Å². The molecular weight excluding hydrogens is 256 g/mol. The normalized spacial score (nSPS) is 9.80. The topological polar surface area (TPSA) is 61.3 Å². The summed E-state index contributed by atoms with van der Waals surface area (Å²) in [5.41, 5.74) is 10.8. The first-order valence-corrected chi connectivity index (χ1v) is 3.29. The maximum atomic E-state index is 11.7. The molecule has 0 aliphatic carbocycles. The van der Waals surface area contributed by atoms with E-state index in [9.17, 15) is 13.2 Å². The number of alkyl halides is 3. The van der Waals surface area contributed by atoms with Crippen molar-refractivity contribution in [3.05, 3.63) is 18.2 Å². The number of rotatable bonds is 1. The highest BCUT2D eigenvalue weighted by Crippen LogP contribution is 2.26. The Bertz CT molecular complexity index is 320. The van der Waals surface area contributed by atoms with Crippen LogP contribution in [0.2, 0.25) is 0 Å². The second-order valence-corrected chi connectivity index (χ2v) is 2.34. The van der Waals surface area contributed by atoms with E-state index in [0.717, 1.165) is 12.1 Å². The van der Waals surface area contributed by atoms with Crippen molar-refractivity contribution < 1.29 is 17.9 Å². The molecule has 0 heterocycles. The van der Waals surface area contributed by atoms with Crippen LogP contribution < -0.4 is 16.2 Å². The molecule has 0 bridgehead atoms. The Labute approximate surface area is 96.4 Å². The van der Waals surface area contributed by atoms with Crippen LogP contribution in [0.25, 0.3) is 0 Å². The second kappa shape index (κ2) is 5.77. The molecule has 0 aromatic heterocycles. The molecule has 0 amide bonds. The van der Waals surface area contributed by atoms with Gasteiger partial charge in [-0.1, -0.05) is 0 Å².